The fraction of sp³-hybridized carbons (Fsp3) is 0.424. The molecule has 0 unspecified atom stereocenters. The Kier molecular flexibility index (Phi) is 33.9. The number of carbonyl (C=O) groups excluding carboxylic acids is 2. The third-order valence-electron chi connectivity index (χ3n) is 28.3. The second kappa shape index (κ2) is 45.6. The van der Waals surface area contributed by atoms with Crippen LogP contribution in [0.1, 0.15) is 391 Å². The fourth-order valence-corrected chi connectivity index (χ4v) is 27.9. The molecule has 0 spiro atoms. The van der Waals surface area contributed by atoms with Crippen molar-refractivity contribution in [3.05, 3.63) is 284 Å². The van der Waals surface area contributed by atoms with E-state index in [1.807, 2.05) is 0 Å². The van der Waals surface area contributed by atoms with Crippen LogP contribution in [0.15, 0.2) is 131 Å². The van der Waals surface area contributed by atoms with Crippen molar-refractivity contribution >= 4 is 145 Å². The number of nitriles is 4. The third-order valence-corrected chi connectivity index (χ3v) is 34.5. The topological polar surface area (TPSA) is 129 Å². The Hall–Kier alpha value is -8.86. The molecule has 11 aromatic rings. The monoisotopic (exact) mass is 1930 g/mol. The molecule has 15 rings (SSSR count). The van der Waals surface area contributed by atoms with Crippen molar-refractivity contribution in [2.75, 3.05) is 0 Å². The van der Waals surface area contributed by atoms with Crippen molar-refractivity contribution in [2.45, 2.75) is 323 Å². The molecule has 0 atom stereocenters. The van der Waals surface area contributed by atoms with Gasteiger partial charge in [0.1, 0.15) is 47.1 Å². The van der Waals surface area contributed by atoms with E-state index < -0.39 is 34.0 Å². The summed E-state index contributed by atoms with van der Waals surface area (Å²) in [6, 6.07) is 47.5. The lowest BCUT2D eigenvalue weighted by molar-refractivity contribution is 0.103. The highest BCUT2D eigenvalue weighted by molar-refractivity contribution is 7.31. The zero-order valence-corrected chi connectivity index (χ0v) is 85.6. The molecule has 7 aromatic carbocycles. The van der Waals surface area contributed by atoms with Gasteiger partial charge < -0.3 is 0 Å². The molecule has 0 saturated heterocycles. The summed E-state index contributed by atoms with van der Waals surface area (Å²) in [6.07, 6.45) is 42.9. The third kappa shape index (κ3) is 20.0. The first kappa shape index (κ1) is 99.6. The molecule has 0 bridgehead atoms. The van der Waals surface area contributed by atoms with Gasteiger partial charge in [0, 0.05) is 95.7 Å². The van der Waals surface area contributed by atoms with Crippen LogP contribution in [0.2, 0.25) is 20.1 Å². The van der Waals surface area contributed by atoms with Crippen LogP contribution in [0.25, 0.3) is 63.0 Å². The molecule has 4 aromatic heterocycles. The summed E-state index contributed by atoms with van der Waals surface area (Å²) in [5, 5.41) is 44.0. The molecule has 0 N–H and O–H groups in total. The van der Waals surface area contributed by atoms with Crippen molar-refractivity contribution in [2.24, 2.45) is 0 Å². The maximum absolute atomic E-state index is 22.9. The van der Waals surface area contributed by atoms with Crippen LogP contribution < -0.4 is 0 Å². The van der Waals surface area contributed by atoms with E-state index in [1.54, 1.807) is 24.3 Å². The summed E-state index contributed by atoms with van der Waals surface area (Å²) in [7, 11) is 0. The molecule has 4 aliphatic rings. The van der Waals surface area contributed by atoms with E-state index in [1.165, 1.54) is 57.5 Å². The number of hydrogen-bond donors (Lipinski definition) is 0. The van der Waals surface area contributed by atoms with Gasteiger partial charge in [0.25, 0.3) is 0 Å². The number of unbranched alkanes of at least 4 members (excludes halogenated alkanes) is 24. The van der Waals surface area contributed by atoms with Crippen LogP contribution in [0.3, 0.4) is 0 Å². The largest absolute Gasteiger partial charge is 0.289 e. The van der Waals surface area contributed by atoms with Crippen molar-refractivity contribution in [1.29, 1.82) is 21.0 Å². The van der Waals surface area contributed by atoms with Crippen LogP contribution in [-0.2, 0) is 62.2 Å². The Labute approximate surface area is 830 Å². The van der Waals surface area contributed by atoms with E-state index in [9.17, 15) is 21.0 Å². The maximum Gasteiger partial charge on any atom is 0.194 e. The maximum atomic E-state index is 22.9. The number of benzene rings is 7. The average molecular weight is 1940 g/mol. The van der Waals surface area contributed by atoms with Crippen molar-refractivity contribution in [1.82, 2.24) is 0 Å². The highest BCUT2D eigenvalue weighted by Gasteiger charge is 2.60. The molecule has 0 saturated carbocycles. The Morgan fingerprint density at radius 1 is 0.306 bits per heavy atom. The van der Waals surface area contributed by atoms with E-state index in [2.05, 4.69) is 165 Å². The average Bonchev–Trinajstić information content (AvgIpc) is 1.47. The predicted octanol–water partition coefficient (Wildman–Crippen LogP) is 37.0. The smallest absolute Gasteiger partial charge is 0.194 e. The number of hydrogen-bond acceptors (Lipinski definition) is 10. The lowest BCUT2D eigenvalue weighted by Crippen LogP contribution is -2.33. The Balaban J connectivity index is 1.15. The quantitative estimate of drug-likeness (QED) is 0.0212. The van der Waals surface area contributed by atoms with Crippen LogP contribution in [0, 0.1) is 57.0 Å². The minimum atomic E-state index is -1.58. The number of fused-ring (bicyclic) bond motifs is 12. The summed E-state index contributed by atoms with van der Waals surface area (Å²) < 4.78 is 49.2. The molecular formula is C118H124Cl4F2N4O2S4. The van der Waals surface area contributed by atoms with Gasteiger partial charge >= 0.3 is 0 Å². The lowest BCUT2D eigenvalue weighted by atomic mass is 9.64. The van der Waals surface area contributed by atoms with Crippen LogP contribution >= 0.6 is 91.8 Å². The first-order chi connectivity index (χ1) is 65.2. The molecule has 16 heteroatoms. The Morgan fingerprint density at radius 3 is 0.761 bits per heavy atom. The fourth-order valence-electron chi connectivity index (χ4n) is 21.7. The molecule has 0 aliphatic heterocycles. The molecule has 4 aliphatic carbocycles. The van der Waals surface area contributed by atoms with Gasteiger partial charge in [-0.25, -0.2) is 8.78 Å². The zero-order valence-electron chi connectivity index (χ0n) is 79.3. The molecule has 694 valence electrons. The minimum Gasteiger partial charge on any atom is -0.289 e. The number of thiophene rings is 4. The molecule has 0 radical (unpaired) electrons. The molecule has 0 amide bonds. The van der Waals surface area contributed by atoms with E-state index in [0.717, 1.165) is 354 Å². The van der Waals surface area contributed by atoms with Crippen LogP contribution in [-0.4, -0.2) is 11.6 Å². The summed E-state index contributed by atoms with van der Waals surface area (Å²) in [6.45, 7) is 18.0. The molecule has 6 nitrogen and oxygen atoms in total. The van der Waals surface area contributed by atoms with E-state index >= 15 is 18.4 Å². The Morgan fingerprint density at radius 2 is 0.537 bits per heavy atom. The van der Waals surface area contributed by atoms with Gasteiger partial charge in [-0.3, -0.25) is 9.59 Å². The van der Waals surface area contributed by atoms with Crippen molar-refractivity contribution in [3.8, 4) is 45.2 Å². The first-order valence-electron chi connectivity index (χ1n) is 50.1. The van der Waals surface area contributed by atoms with Gasteiger partial charge in [0.05, 0.1) is 40.3 Å². The second-order valence-electron chi connectivity index (χ2n) is 37.9. The number of rotatable bonds is 46. The van der Waals surface area contributed by atoms with Crippen molar-refractivity contribution in [3.63, 3.8) is 0 Å². The number of nitrogens with zero attached hydrogens (tertiary/aromatic N) is 4. The number of carbonyl (C=O) groups is 2. The van der Waals surface area contributed by atoms with Crippen molar-refractivity contribution < 1.29 is 18.4 Å². The number of Topliss-reactive ketones (excluding diaryl/α,β-unsaturated/α-hetero) is 2. The molecule has 4 heterocycles. The summed E-state index contributed by atoms with van der Waals surface area (Å²) in [4.78, 5) is 33.3. The SMILES string of the molecule is CCCCCCc1cc(CCCCCC)cc(C2(c3cc(CCCCCC)cc(CCCCCC)c3)c3c(F)c4c(c(F)c3-c3sc5cc(/C=C6\C(=O)c7cc(Cl)c(Cl)cc7C6=C(C#N)C#N)sc5c32)C(c2cc(CCCCCC)cc(CCCCCC)c2)(c2cc(CCCCCC)cc(CCCCCC)c2)c2c-4sc3cc(/C=C4\C(=O)c5cc(Cl)c(Cl)cc5C4=C(C#N)C#N)sc23)c1. The van der Waals surface area contributed by atoms with E-state index in [-0.39, 0.29) is 86.9 Å². The van der Waals surface area contributed by atoms with Crippen LogP contribution in [0.5, 0.6) is 0 Å². The normalized spacial score (nSPS) is 14.3. The van der Waals surface area contributed by atoms with E-state index in [4.69, 9.17) is 46.4 Å². The van der Waals surface area contributed by atoms with Gasteiger partial charge in [-0.2, -0.15) is 21.0 Å². The number of halogens is 6. The number of allylic oxidation sites excluding steroid dienone is 6. The summed E-state index contributed by atoms with van der Waals surface area (Å²) in [5.41, 5.74) is 13.6. The standard InChI is InChI=1S/C118H124Cl4F2N4O2S4/c1-9-17-25-33-41-73-49-74(42-34-26-18-10-2)54-83(53-73)117(84-55-75(43-35-27-19-11-3)50-76(56-84)44-36-28-20-12-4)105-103(115-107(117)113-99(133-115)63-87(131-113)61-93-101(81(69-125)70-126)89-65-95(119)97(121)67-91(89)111(93)129)110(124)106-104(109(105)123)116-108(114-100(134-116)64-88(132-114)62-94-102(82(71-127)72-128)90-66-96(120)98(122)68-92(90)112(94)130)118(106,85-57-77(45-37-29-21-13-5)51-78(58-85)46-38-30-22-14-6)86-59-79(47-39-31-23-15-7)52-80(60-86)48-40-32-24-16-8/h49-68H,9-48H2,1-8H3/b93-61-,94-62-. The molecular weight excluding hydrogens is 1810 g/mol. The zero-order chi connectivity index (χ0) is 94.5. The van der Waals surface area contributed by atoms with E-state index in [0.29, 0.717) is 30.6 Å². The number of aryl methyl sites for hydroxylation is 8. The first-order valence-corrected chi connectivity index (χ1v) is 54.9. The van der Waals surface area contributed by atoms with Gasteiger partial charge in [0.15, 0.2) is 11.6 Å². The highest BCUT2D eigenvalue weighted by atomic mass is 35.5. The lowest BCUT2D eigenvalue weighted by Gasteiger charge is -2.37. The van der Waals surface area contributed by atoms with Gasteiger partial charge in [-0.05, 0) is 229 Å². The number of ketones is 2. The minimum absolute atomic E-state index is 0.147. The predicted molar refractivity (Wildman–Crippen MR) is 564 cm³/mol. The molecule has 134 heavy (non-hydrogen) atoms. The Bertz CT molecular complexity index is 5920. The summed E-state index contributed by atoms with van der Waals surface area (Å²) in [5.74, 6) is -1.77. The van der Waals surface area contributed by atoms with Crippen LogP contribution in [0.4, 0.5) is 8.78 Å². The van der Waals surface area contributed by atoms with Gasteiger partial charge in [0.2, 0.25) is 0 Å². The van der Waals surface area contributed by atoms with Gasteiger partial charge in [-0.1, -0.05) is 329 Å². The highest BCUT2D eigenvalue weighted by Crippen LogP contribution is 2.71. The van der Waals surface area contributed by atoms with Gasteiger partial charge in [-0.15, -0.1) is 45.3 Å². The second-order valence-corrected chi connectivity index (χ2v) is 43.8. The summed E-state index contributed by atoms with van der Waals surface area (Å²) >= 11 is 33.0. The molecule has 0 fully saturated rings.